The van der Waals surface area contributed by atoms with Crippen molar-refractivity contribution in [2.45, 2.75) is 307 Å². The van der Waals surface area contributed by atoms with Crippen molar-refractivity contribution < 1.29 is 253 Å². The van der Waals surface area contributed by atoms with Gasteiger partial charge >= 0.3 is 0 Å². The van der Waals surface area contributed by atoms with E-state index in [-0.39, 0.29) is 0 Å². The van der Waals surface area contributed by atoms with E-state index in [0.29, 0.717) is 0 Å². The first kappa shape index (κ1) is 91.3. The van der Waals surface area contributed by atoms with E-state index in [2.05, 4.69) is 0 Å². The van der Waals surface area contributed by atoms with Crippen LogP contribution >= 0.6 is 0 Å². The number of hydrogen-bond donors (Lipinski definition) is 32. The molecule has 10 rings (SSSR count). The maximum atomic E-state index is 11.5. The van der Waals surface area contributed by atoms with E-state index in [0.717, 1.165) is 0 Å². The largest absolute Gasteiger partial charge is 0.394 e. The van der Waals surface area contributed by atoms with E-state index < -0.39 is 373 Å². The van der Waals surface area contributed by atoms with Crippen LogP contribution in [0.15, 0.2) is 0 Å². The summed E-state index contributed by atoms with van der Waals surface area (Å²) < 4.78 is 106. The van der Waals surface area contributed by atoms with Crippen molar-refractivity contribution in [1.82, 2.24) is 0 Å². The third-order valence-electron chi connectivity index (χ3n) is 20.9. The van der Waals surface area contributed by atoms with Gasteiger partial charge < -0.3 is 253 Å². The van der Waals surface area contributed by atoms with Crippen molar-refractivity contribution in [3.8, 4) is 0 Å². The zero-order valence-corrected chi connectivity index (χ0v) is 58.0. The number of hydrogen-bond acceptors (Lipinski definition) is 51. The predicted molar refractivity (Wildman–Crippen MR) is 330 cm³/mol. The van der Waals surface area contributed by atoms with Crippen molar-refractivity contribution in [2.24, 2.45) is 0 Å². The van der Waals surface area contributed by atoms with E-state index in [9.17, 15) is 163 Å². The average molecular weight is 1640 g/mol. The summed E-state index contributed by atoms with van der Waals surface area (Å²) in [5.74, 6) is 0. The third-order valence-corrected chi connectivity index (χ3v) is 20.9. The summed E-state index contributed by atoms with van der Waals surface area (Å²) in [5.41, 5.74) is 0. The topological polar surface area (TPSA) is 823 Å². The highest BCUT2D eigenvalue weighted by atomic mass is 16.8. The molecule has 0 spiro atoms. The van der Waals surface area contributed by atoms with Crippen molar-refractivity contribution in [1.29, 1.82) is 0 Å². The Morgan fingerprint density at radius 1 is 0.135 bits per heavy atom. The molecule has 1 unspecified atom stereocenters. The van der Waals surface area contributed by atoms with Gasteiger partial charge in [-0.15, -0.1) is 0 Å². The molecular weight excluding hydrogens is 1540 g/mol. The standard InChI is InChI=1S/C60H102O51/c61-1-11-21(71)22(72)33(83)52(94-11)104-43-13(3-63)96-54(35(85)24(43)74)106-45-15(5-65)98-56(37(87)26(45)76)108-47-17(7-67)100-58(39(89)28(47)78)110-49-19(9-69)102-60(41(91)30(49)80)111-50-20(10-70)101-59(40(90)31(50)81)109-48-18(8-68)99-57(38(88)29(48)79)107-46-16(6-66)97-55(36(86)27(46)77)105-44-14(4-64)95-53(34(84)25(44)75)103-42-12(2-62)93-51(92)32(82)23(42)73/h11-92H,1-10H2/t11-,12-,13-,14-,15-,16-,17-,18-,19-,20-,21-,22+,23-,24-,25-,26-,27-,28-,29-,30-,31-,32-,33-,34-,35-,36-,37-,38-,39-,40-,41-,42-,43-,44-,45-,46-,47-,48-,49-,50-,51?,52+,53+,54+,55+,56+,57+,58+,59+,60+/m1/s1. The molecule has 32 N–H and O–H groups in total. The lowest BCUT2D eigenvalue weighted by Gasteiger charge is -2.50. The Morgan fingerprint density at radius 2 is 0.261 bits per heavy atom. The molecule has 111 heavy (non-hydrogen) atoms. The Balaban J connectivity index is 0.705. The second kappa shape index (κ2) is 39.4. The maximum absolute atomic E-state index is 11.5. The van der Waals surface area contributed by atoms with Crippen LogP contribution < -0.4 is 0 Å². The Bertz CT molecular complexity index is 2760. The molecule has 51 heteroatoms. The molecule has 648 valence electrons. The molecule has 10 aliphatic rings. The lowest BCUT2D eigenvalue weighted by molar-refractivity contribution is -0.400. The van der Waals surface area contributed by atoms with Gasteiger partial charge in [-0.25, -0.2) is 0 Å². The van der Waals surface area contributed by atoms with Gasteiger partial charge in [0, 0.05) is 0 Å². The lowest BCUT2D eigenvalue weighted by atomic mass is 9.95. The van der Waals surface area contributed by atoms with Gasteiger partial charge in [0.05, 0.1) is 66.1 Å². The van der Waals surface area contributed by atoms with E-state index in [1.807, 2.05) is 0 Å². The summed E-state index contributed by atoms with van der Waals surface area (Å²) in [6.45, 7) is -10.5. The van der Waals surface area contributed by atoms with Gasteiger partial charge in [0.15, 0.2) is 62.9 Å². The first-order chi connectivity index (χ1) is 52.7. The molecular formula is C60H102O51. The van der Waals surface area contributed by atoms with Gasteiger partial charge in [-0.1, -0.05) is 0 Å². The van der Waals surface area contributed by atoms with Gasteiger partial charge in [0.25, 0.3) is 0 Å². The minimum Gasteiger partial charge on any atom is -0.394 e. The molecule has 0 aromatic rings. The average Bonchev–Trinajstić information content (AvgIpc) is 0.774. The Morgan fingerprint density at radius 3 is 0.414 bits per heavy atom. The number of aliphatic hydroxyl groups excluding tert-OH is 32. The SMILES string of the molecule is OC[C@H]1O[C@@H](O[C@H]2[C@H](O)[C@@H](O)[C@H](O[C@H]3[C@H](O)[C@@H](O)[C@H](O[C@H]4[C@H](O)[C@@H](O)[C@H](O[C@H]5[C@H](O)[C@@H](O)[C@H](O[C@H]6[C@H](O)[C@@H](O)[C@H](O[C@H]7[C@H](O)[C@@H](O)[C@H](O[C@H]8[C@H](O)[C@@H](O)[C@H](O[C@H]9[C@H](O)[C@@H](O)[C@H](O[C@H]%10[C@H](O)[C@@H](O)C(O)O[C@@H]%10CO)O[C@@H]9CO)O[C@@H]8CO)O[C@@H]7CO)O[C@@H]6CO)O[C@@H]5CO)O[C@@H]4CO)O[C@@H]3CO)O[C@@H]2CO)[C@H](O)[C@@H](O)[C@@H]1O. The highest BCUT2D eigenvalue weighted by Crippen LogP contribution is 2.41. The van der Waals surface area contributed by atoms with E-state index in [1.54, 1.807) is 0 Å². The van der Waals surface area contributed by atoms with Crippen molar-refractivity contribution in [2.75, 3.05) is 66.1 Å². The summed E-state index contributed by atoms with van der Waals surface area (Å²) >= 11 is 0. The van der Waals surface area contributed by atoms with Crippen LogP contribution in [0.4, 0.5) is 0 Å². The van der Waals surface area contributed by atoms with Gasteiger partial charge in [-0.2, -0.15) is 0 Å². The second-order valence-corrected chi connectivity index (χ2v) is 28.0. The summed E-state index contributed by atoms with van der Waals surface area (Å²) in [7, 11) is 0. The quantitative estimate of drug-likeness (QED) is 0.0346. The molecule has 0 aliphatic carbocycles. The third kappa shape index (κ3) is 18.8. The normalized spacial score (nSPS) is 53.7. The molecule has 0 amide bonds. The van der Waals surface area contributed by atoms with Crippen LogP contribution in [0.1, 0.15) is 0 Å². The summed E-state index contributed by atoms with van der Waals surface area (Å²) in [6, 6.07) is 0. The van der Waals surface area contributed by atoms with Gasteiger partial charge in [-0.3, -0.25) is 0 Å². The molecule has 0 radical (unpaired) electrons. The van der Waals surface area contributed by atoms with Gasteiger partial charge in [0.1, 0.15) is 244 Å². The van der Waals surface area contributed by atoms with Crippen LogP contribution in [-0.4, -0.2) is 537 Å². The number of ether oxygens (including phenoxy) is 19. The summed E-state index contributed by atoms with van der Waals surface area (Å²) in [6.07, 6.45) is -101. The van der Waals surface area contributed by atoms with Crippen molar-refractivity contribution in [3.63, 3.8) is 0 Å². The van der Waals surface area contributed by atoms with Crippen LogP contribution in [0.3, 0.4) is 0 Å². The second-order valence-electron chi connectivity index (χ2n) is 28.0. The van der Waals surface area contributed by atoms with Crippen LogP contribution in [0.5, 0.6) is 0 Å². The van der Waals surface area contributed by atoms with Gasteiger partial charge in [-0.05, 0) is 0 Å². The monoisotopic (exact) mass is 1640 g/mol. The zero-order valence-electron chi connectivity index (χ0n) is 58.0. The van der Waals surface area contributed by atoms with Crippen LogP contribution in [0.25, 0.3) is 0 Å². The lowest BCUT2D eigenvalue weighted by Crippen LogP contribution is -2.68. The fourth-order valence-corrected chi connectivity index (χ4v) is 14.5. The Kier molecular flexibility index (Phi) is 32.4. The predicted octanol–water partition coefficient (Wildman–Crippen LogP) is -22.8. The maximum Gasteiger partial charge on any atom is 0.187 e. The van der Waals surface area contributed by atoms with Crippen LogP contribution in [-0.2, 0) is 90.0 Å². The smallest absolute Gasteiger partial charge is 0.187 e. The molecule has 0 saturated carbocycles. The molecule has 10 heterocycles. The minimum atomic E-state index is -2.32. The fraction of sp³-hybridized carbons (Fsp3) is 1.00. The van der Waals surface area contributed by atoms with Gasteiger partial charge in [0.2, 0.25) is 0 Å². The summed E-state index contributed by atoms with van der Waals surface area (Å²) in [5, 5.41) is 345. The van der Waals surface area contributed by atoms with E-state index in [4.69, 9.17) is 90.0 Å². The highest BCUT2D eigenvalue weighted by Gasteiger charge is 2.61. The first-order valence-electron chi connectivity index (χ1n) is 35.2. The molecule has 50 atom stereocenters. The Hall–Kier alpha value is -2.04. The van der Waals surface area contributed by atoms with E-state index in [1.165, 1.54) is 0 Å². The molecule has 10 saturated heterocycles. The van der Waals surface area contributed by atoms with Crippen LogP contribution in [0, 0.1) is 0 Å². The van der Waals surface area contributed by atoms with E-state index >= 15 is 0 Å². The molecule has 10 fully saturated rings. The molecule has 0 bridgehead atoms. The first-order valence-corrected chi connectivity index (χ1v) is 35.2. The molecule has 0 aromatic heterocycles. The molecule has 10 aliphatic heterocycles. The Labute approximate surface area is 625 Å². The highest BCUT2D eigenvalue weighted by molar-refractivity contribution is 5.03. The number of rotatable bonds is 28. The van der Waals surface area contributed by atoms with Crippen molar-refractivity contribution >= 4 is 0 Å². The number of aliphatic hydroxyl groups is 32. The molecule has 0 aromatic carbocycles. The molecule has 51 nitrogen and oxygen atoms in total. The minimum absolute atomic E-state index is 0.869. The summed E-state index contributed by atoms with van der Waals surface area (Å²) in [4.78, 5) is 0. The van der Waals surface area contributed by atoms with Crippen molar-refractivity contribution in [3.05, 3.63) is 0 Å². The fourth-order valence-electron chi connectivity index (χ4n) is 14.5. The van der Waals surface area contributed by atoms with Crippen LogP contribution in [0.2, 0.25) is 0 Å². The zero-order chi connectivity index (χ0) is 81.4.